The van der Waals surface area contributed by atoms with Crippen molar-refractivity contribution in [3.05, 3.63) is 23.8 Å². The Morgan fingerprint density at radius 2 is 2.16 bits per heavy atom. The summed E-state index contributed by atoms with van der Waals surface area (Å²) in [6, 6.07) is 5.91. The molecule has 4 nitrogen and oxygen atoms in total. The van der Waals surface area contributed by atoms with Crippen LogP contribution in [0.5, 0.6) is 11.5 Å². The fourth-order valence-corrected chi connectivity index (χ4v) is 2.44. The molecule has 0 aliphatic carbocycles. The Hall–Kier alpha value is -1.26. The molecule has 1 aliphatic rings. The summed E-state index contributed by atoms with van der Waals surface area (Å²) in [5.41, 5.74) is 0.908. The molecule has 2 atom stereocenters. The van der Waals surface area contributed by atoms with Crippen LogP contribution in [0.2, 0.25) is 0 Å². The molecule has 106 valence electrons. The van der Waals surface area contributed by atoms with Crippen LogP contribution in [-0.4, -0.2) is 32.9 Å². The Kier molecular flexibility index (Phi) is 4.32. The Labute approximate surface area is 115 Å². The van der Waals surface area contributed by atoms with Gasteiger partial charge in [0.05, 0.1) is 25.9 Å². The van der Waals surface area contributed by atoms with E-state index in [9.17, 15) is 0 Å². The highest BCUT2D eigenvalue weighted by molar-refractivity contribution is 5.48. The second-order valence-corrected chi connectivity index (χ2v) is 5.12. The molecular weight excluding hydrogens is 242 g/mol. The van der Waals surface area contributed by atoms with Crippen molar-refractivity contribution >= 4 is 0 Å². The lowest BCUT2D eigenvalue weighted by molar-refractivity contribution is -0.109. The number of ether oxygens (including phenoxy) is 3. The van der Waals surface area contributed by atoms with E-state index in [0.717, 1.165) is 36.6 Å². The first kappa shape index (κ1) is 14.2. The number of morpholine rings is 1. The van der Waals surface area contributed by atoms with Gasteiger partial charge in [0.25, 0.3) is 0 Å². The maximum absolute atomic E-state index is 6.25. The van der Waals surface area contributed by atoms with Crippen molar-refractivity contribution in [1.82, 2.24) is 5.32 Å². The zero-order valence-electron chi connectivity index (χ0n) is 12.2. The summed E-state index contributed by atoms with van der Waals surface area (Å²) in [6.07, 6.45) is 0.965. The van der Waals surface area contributed by atoms with E-state index in [2.05, 4.69) is 19.2 Å². The lowest BCUT2D eigenvalue weighted by Crippen LogP contribution is -2.48. The quantitative estimate of drug-likeness (QED) is 0.908. The van der Waals surface area contributed by atoms with E-state index in [4.69, 9.17) is 14.2 Å². The minimum absolute atomic E-state index is 0.0104. The maximum Gasteiger partial charge on any atom is 0.166 e. The molecule has 1 saturated heterocycles. The first-order chi connectivity index (χ1) is 9.13. The van der Waals surface area contributed by atoms with Gasteiger partial charge < -0.3 is 19.5 Å². The van der Waals surface area contributed by atoms with Crippen LogP contribution in [-0.2, 0) is 4.74 Å². The second kappa shape index (κ2) is 5.80. The molecule has 1 heterocycles. The van der Waals surface area contributed by atoms with Crippen molar-refractivity contribution < 1.29 is 14.2 Å². The Balaban J connectivity index is 2.31. The average Bonchev–Trinajstić information content (AvgIpc) is 2.46. The summed E-state index contributed by atoms with van der Waals surface area (Å²) in [4.78, 5) is 0. The third kappa shape index (κ3) is 2.85. The van der Waals surface area contributed by atoms with Gasteiger partial charge in [0, 0.05) is 18.7 Å². The first-order valence-corrected chi connectivity index (χ1v) is 6.73. The predicted molar refractivity (Wildman–Crippen MR) is 74.9 cm³/mol. The molecule has 1 aromatic rings. The van der Waals surface area contributed by atoms with Gasteiger partial charge in [0.1, 0.15) is 0 Å². The van der Waals surface area contributed by atoms with E-state index in [1.165, 1.54) is 0 Å². The minimum atomic E-state index is -0.128. The third-order valence-electron chi connectivity index (χ3n) is 3.78. The van der Waals surface area contributed by atoms with Crippen molar-refractivity contribution in [3.63, 3.8) is 0 Å². The predicted octanol–water partition coefficient (Wildman–Crippen LogP) is 2.53. The van der Waals surface area contributed by atoms with Crippen LogP contribution < -0.4 is 14.8 Å². The Morgan fingerprint density at radius 1 is 1.37 bits per heavy atom. The van der Waals surface area contributed by atoms with E-state index in [-0.39, 0.29) is 11.7 Å². The van der Waals surface area contributed by atoms with Gasteiger partial charge in [-0.25, -0.2) is 0 Å². The van der Waals surface area contributed by atoms with Crippen molar-refractivity contribution in [2.24, 2.45) is 0 Å². The van der Waals surface area contributed by atoms with Crippen LogP contribution in [0.4, 0.5) is 0 Å². The average molecular weight is 265 g/mol. The molecular formula is C15H23NO3. The van der Waals surface area contributed by atoms with Crippen LogP contribution in [0.1, 0.15) is 31.9 Å². The van der Waals surface area contributed by atoms with Gasteiger partial charge in [0.15, 0.2) is 11.5 Å². The molecule has 1 N–H and O–H groups in total. The van der Waals surface area contributed by atoms with E-state index in [0.29, 0.717) is 0 Å². The number of nitrogens with one attached hydrogen (secondary N) is 1. The van der Waals surface area contributed by atoms with Gasteiger partial charge in [-0.05, 0) is 19.4 Å². The van der Waals surface area contributed by atoms with Crippen molar-refractivity contribution in [3.8, 4) is 11.5 Å². The SMILES string of the molecule is CCC1(C)CNCC(c2cccc(OC)c2OC)O1. The van der Waals surface area contributed by atoms with E-state index >= 15 is 0 Å². The van der Waals surface area contributed by atoms with Crippen LogP contribution in [0, 0.1) is 0 Å². The first-order valence-electron chi connectivity index (χ1n) is 6.73. The molecule has 0 aromatic heterocycles. The zero-order valence-corrected chi connectivity index (χ0v) is 12.2. The fourth-order valence-electron chi connectivity index (χ4n) is 2.44. The van der Waals surface area contributed by atoms with Gasteiger partial charge in [0.2, 0.25) is 0 Å². The molecule has 1 fully saturated rings. The van der Waals surface area contributed by atoms with Gasteiger partial charge in [-0.15, -0.1) is 0 Å². The number of hydrogen-bond acceptors (Lipinski definition) is 4. The lowest BCUT2D eigenvalue weighted by atomic mass is 9.98. The van der Waals surface area contributed by atoms with Crippen molar-refractivity contribution in [1.29, 1.82) is 0 Å². The Bertz CT molecular complexity index is 435. The van der Waals surface area contributed by atoms with Crippen LogP contribution in [0.3, 0.4) is 0 Å². The molecule has 2 rings (SSSR count). The molecule has 0 amide bonds. The van der Waals surface area contributed by atoms with Gasteiger partial charge in [-0.1, -0.05) is 19.1 Å². The fraction of sp³-hybridized carbons (Fsp3) is 0.600. The standard InChI is InChI=1S/C15H23NO3/c1-5-15(2)10-16-9-13(19-15)11-7-6-8-12(17-3)14(11)18-4/h6-8,13,16H,5,9-10H2,1-4H3. The largest absolute Gasteiger partial charge is 0.493 e. The van der Waals surface area contributed by atoms with E-state index < -0.39 is 0 Å². The smallest absolute Gasteiger partial charge is 0.166 e. The molecule has 0 radical (unpaired) electrons. The van der Waals surface area contributed by atoms with Crippen molar-refractivity contribution in [2.45, 2.75) is 32.0 Å². The monoisotopic (exact) mass is 265 g/mol. The molecule has 4 heteroatoms. The summed E-state index contributed by atoms with van der Waals surface area (Å²) in [5.74, 6) is 1.50. The Morgan fingerprint density at radius 3 is 2.79 bits per heavy atom. The highest BCUT2D eigenvalue weighted by atomic mass is 16.5. The normalized spacial score (nSPS) is 27.1. The molecule has 0 spiro atoms. The summed E-state index contributed by atoms with van der Waals surface area (Å²) in [5, 5.41) is 3.44. The number of methoxy groups -OCH3 is 2. The number of hydrogen-bond donors (Lipinski definition) is 1. The number of benzene rings is 1. The van der Waals surface area contributed by atoms with Gasteiger partial charge in [-0.2, -0.15) is 0 Å². The molecule has 0 bridgehead atoms. The third-order valence-corrected chi connectivity index (χ3v) is 3.78. The molecule has 19 heavy (non-hydrogen) atoms. The lowest BCUT2D eigenvalue weighted by Gasteiger charge is -2.39. The summed E-state index contributed by atoms with van der Waals surface area (Å²) in [6.45, 7) is 5.96. The second-order valence-electron chi connectivity index (χ2n) is 5.12. The highest BCUT2D eigenvalue weighted by Crippen LogP contribution is 2.38. The van der Waals surface area contributed by atoms with Crippen LogP contribution in [0.25, 0.3) is 0 Å². The molecule has 1 aromatic carbocycles. The molecule has 1 aliphatic heterocycles. The van der Waals surface area contributed by atoms with E-state index in [1.54, 1.807) is 14.2 Å². The van der Waals surface area contributed by atoms with Crippen molar-refractivity contribution in [2.75, 3.05) is 27.3 Å². The van der Waals surface area contributed by atoms with Gasteiger partial charge >= 0.3 is 0 Å². The molecule has 2 unspecified atom stereocenters. The van der Waals surface area contributed by atoms with Crippen LogP contribution >= 0.6 is 0 Å². The van der Waals surface area contributed by atoms with Crippen LogP contribution in [0.15, 0.2) is 18.2 Å². The topological polar surface area (TPSA) is 39.7 Å². The number of para-hydroxylation sites is 1. The minimum Gasteiger partial charge on any atom is -0.493 e. The molecule has 0 saturated carbocycles. The van der Waals surface area contributed by atoms with Gasteiger partial charge in [-0.3, -0.25) is 0 Å². The maximum atomic E-state index is 6.25. The summed E-state index contributed by atoms with van der Waals surface area (Å²) in [7, 11) is 3.31. The zero-order chi connectivity index (χ0) is 13.9. The summed E-state index contributed by atoms with van der Waals surface area (Å²) >= 11 is 0. The summed E-state index contributed by atoms with van der Waals surface area (Å²) < 4.78 is 17.1. The highest BCUT2D eigenvalue weighted by Gasteiger charge is 2.33. The van der Waals surface area contributed by atoms with E-state index in [1.807, 2.05) is 18.2 Å². The number of rotatable bonds is 4.